The molecule has 1 N–H and O–H groups in total. The van der Waals surface area contributed by atoms with Crippen LogP contribution in [-0.4, -0.2) is 19.2 Å². The highest BCUT2D eigenvalue weighted by molar-refractivity contribution is 9.10. The number of nitriles is 1. The highest BCUT2D eigenvalue weighted by Gasteiger charge is 2.20. The number of halogens is 1. The zero-order valence-electron chi connectivity index (χ0n) is 18.5. The van der Waals surface area contributed by atoms with Gasteiger partial charge in [0.25, 0.3) is 11.6 Å². The Morgan fingerprint density at radius 2 is 1.74 bits per heavy atom. The van der Waals surface area contributed by atoms with E-state index in [1.807, 2.05) is 6.92 Å². The lowest BCUT2D eigenvalue weighted by Gasteiger charge is -2.10. The summed E-state index contributed by atoms with van der Waals surface area (Å²) in [7, 11) is -4.07. The van der Waals surface area contributed by atoms with Gasteiger partial charge in [-0.1, -0.05) is 29.8 Å². The van der Waals surface area contributed by atoms with E-state index in [0.717, 1.165) is 5.56 Å². The average molecular weight is 556 g/mol. The van der Waals surface area contributed by atoms with Crippen molar-refractivity contribution in [1.82, 2.24) is 0 Å². The van der Waals surface area contributed by atoms with Gasteiger partial charge >= 0.3 is 10.1 Å². The maximum absolute atomic E-state index is 12.6. The Balaban J connectivity index is 1.83. The number of hydrogen-bond acceptors (Lipinski definition) is 7. The summed E-state index contributed by atoms with van der Waals surface area (Å²) >= 11 is 3.24. The number of rotatable bonds is 7. The molecule has 0 bridgehead atoms. The zero-order valence-corrected chi connectivity index (χ0v) is 20.9. The molecule has 0 spiro atoms. The molecular weight excluding hydrogens is 538 g/mol. The fourth-order valence-corrected chi connectivity index (χ4v) is 4.48. The topological polar surface area (TPSA) is 139 Å². The molecule has 178 valence electrons. The van der Waals surface area contributed by atoms with Crippen molar-refractivity contribution < 1.29 is 22.3 Å². The van der Waals surface area contributed by atoms with Gasteiger partial charge < -0.3 is 9.50 Å². The molecule has 0 aliphatic carbocycles. The van der Waals surface area contributed by atoms with Crippen LogP contribution in [0.3, 0.4) is 0 Å². The first-order chi connectivity index (χ1) is 16.5. The number of nitrogens with one attached hydrogen (secondary N) is 1. The van der Waals surface area contributed by atoms with Crippen molar-refractivity contribution in [2.24, 2.45) is 0 Å². The molecule has 35 heavy (non-hydrogen) atoms. The number of amides is 1. The molecular formula is C24H18BrN3O6S. The van der Waals surface area contributed by atoms with Crippen LogP contribution in [0.25, 0.3) is 6.08 Å². The molecule has 0 radical (unpaired) electrons. The van der Waals surface area contributed by atoms with E-state index in [4.69, 9.17) is 4.18 Å². The number of hydrogen-bond donors (Lipinski definition) is 1. The predicted octanol–water partition coefficient (Wildman–Crippen LogP) is 5.29. The van der Waals surface area contributed by atoms with Crippen LogP contribution in [0.1, 0.15) is 16.7 Å². The molecule has 9 nitrogen and oxygen atoms in total. The van der Waals surface area contributed by atoms with Gasteiger partial charge in [0.2, 0.25) is 0 Å². The van der Waals surface area contributed by atoms with Gasteiger partial charge in [0.05, 0.1) is 9.40 Å². The Morgan fingerprint density at radius 1 is 1.09 bits per heavy atom. The maximum atomic E-state index is 12.6. The second-order valence-electron chi connectivity index (χ2n) is 7.44. The summed E-state index contributed by atoms with van der Waals surface area (Å²) in [5.74, 6) is -0.821. The van der Waals surface area contributed by atoms with Crippen molar-refractivity contribution in [1.29, 1.82) is 5.26 Å². The second-order valence-corrected chi connectivity index (χ2v) is 9.84. The molecule has 0 aromatic heterocycles. The van der Waals surface area contributed by atoms with Crippen molar-refractivity contribution in [2.45, 2.75) is 18.7 Å². The van der Waals surface area contributed by atoms with E-state index < -0.39 is 20.9 Å². The monoisotopic (exact) mass is 555 g/mol. The first-order valence-electron chi connectivity index (χ1n) is 9.99. The highest BCUT2D eigenvalue weighted by atomic mass is 79.9. The summed E-state index contributed by atoms with van der Waals surface area (Å²) in [4.78, 5) is 23.2. The van der Waals surface area contributed by atoms with Gasteiger partial charge in [-0.2, -0.15) is 13.7 Å². The van der Waals surface area contributed by atoms with E-state index >= 15 is 0 Å². The van der Waals surface area contributed by atoms with E-state index in [0.29, 0.717) is 11.1 Å². The minimum atomic E-state index is -4.07. The smallest absolute Gasteiger partial charge is 0.339 e. The largest absolute Gasteiger partial charge is 0.378 e. The lowest BCUT2D eigenvalue weighted by Crippen LogP contribution is -2.14. The van der Waals surface area contributed by atoms with Crippen molar-refractivity contribution in [3.8, 4) is 11.8 Å². The second kappa shape index (κ2) is 10.5. The van der Waals surface area contributed by atoms with Crippen LogP contribution in [0.2, 0.25) is 0 Å². The van der Waals surface area contributed by atoms with Crippen LogP contribution in [0, 0.1) is 35.3 Å². The number of carbonyl (C=O) groups excluding carboxylic acids is 1. The van der Waals surface area contributed by atoms with E-state index in [1.54, 1.807) is 31.2 Å². The molecule has 1 amide bonds. The minimum Gasteiger partial charge on any atom is -0.378 e. The fourth-order valence-electron chi connectivity index (χ4n) is 2.95. The first kappa shape index (κ1) is 25.6. The number of carbonyl (C=O) groups is 1. The van der Waals surface area contributed by atoms with Crippen molar-refractivity contribution >= 4 is 49.4 Å². The third kappa shape index (κ3) is 6.32. The SMILES string of the molecule is Cc1ccc(S(=O)(=O)Oc2ccc(/C=C(\C#N)C(=O)Nc3ccc(C)cc3[N+](=O)[O-])cc2Br)cc1. The standard InChI is InChI=1S/C24H18BrN3O6S/c1-15-3-7-19(8-4-15)35(32,33)34-23-10-6-17(13-20(23)25)12-18(14-26)24(29)27-21-9-5-16(2)11-22(21)28(30)31/h3-13H,1-2H3,(H,27,29)/b18-12+. The van der Waals surface area contributed by atoms with Crippen LogP contribution >= 0.6 is 15.9 Å². The molecule has 3 aromatic rings. The molecule has 0 atom stereocenters. The first-order valence-corrected chi connectivity index (χ1v) is 12.2. The van der Waals surface area contributed by atoms with E-state index in [2.05, 4.69) is 21.2 Å². The van der Waals surface area contributed by atoms with Gasteiger partial charge in [-0.3, -0.25) is 14.9 Å². The predicted molar refractivity (Wildman–Crippen MR) is 133 cm³/mol. The summed E-state index contributed by atoms with van der Waals surface area (Å²) in [6.07, 6.45) is 1.26. The molecule has 0 fully saturated rings. The number of aryl methyl sites for hydroxylation is 2. The van der Waals surface area contributed by atoms with Gasteiger partial charge in [-0.05, 0) is 77.3 Å². The van der Waals surface area contributed by atoms with Crippen LogP contribution in [0.4, 0.5) is 11.4 Å². The summed E-state index contributed by atoms with van der Waals surface area (Å²) in [5, 5.41) is 23.1. The Labute approximate surface area is 210 Å². The van der Waals surface area contributed by atoms with Crippen molar-refractivity contribution in [2.75, 3.05) is 5.32 Å². The summed E-state index contributed by atoms with van der Waals surface area (Å²) in [6.45, 7) is 3.51. The van der Waals surface area contributed by atoms with Gasteiger partial charge in [0.15, 0.2) is 5.75 Å². The van der Waals surface area contributed by atoms with E-state index in [-0.39, 0.29) is 32.1 Å². The van der Waals surface area contributed by atoms with Gasteiger partial charge in [-0.15, -0.1) is 0 Å². The number of nitro groups is 1. The fraction of sp³-hybridized carbons (Fsp3) is 0.0833. The third-order valence-electron chi connectivity index (χ3n) is 4.74. The third-order valence-corrected chi connectivity index (χ3v) is 6.61. The van der Waals surface area contributed by atoms with Crippen LogP contribution in [-0.2, 0) is 14.9 Å². The Bertz CT molecular complexity index is 1490. The molecule has 11 heteroatoms. The molecule has 0 aliphatic rings. The maximum Gasteiger partial charge on any atom is 0.339 e. The molecule has 0 aliphatic heterocycles. The van der Waals surface area contributed by atoms with Crippen LogP contribution in [0.15, 0.2) is 75.6 Å². The average Bonchev–Trinajstić information content (AvgIpc) is 2.80. The molecule has 3 rings (SSSR count). The van der Waals surface area contributed by atoms with Crippen molar-refractivity contribution in [3.05, 3.63) is 97.5 Å². The summed E-state index contributed by atoms with van der Waals surface area (Å²) in [6, 6.07) is 16.5. The number of benzene rings is 3. The van der Waals surface area contributed by atoms with Crippen LogP contribution in [0.5, 0.6) is 5.75 Å². The normalized spacial score (nSPS) is 11.4. The van der Waals surface area contributed by atoms with Crippen molar-refractivity contribution in [3.63, 3.8) is 0 Å². The van der Waals surface area contributed by atoms with E-state index in [9.17, 15) is 28.6 Å². The zero-order chi connectivity index (χ0) is 25.8. The Morgan fingerprint density at radius 3 is 2.34 bits per heavy atom. The van der Waals surface area contributed by atoms with Crippen LogP contribution < -0.4 is 9.50 Å². The highest BCUT2D eigenvalue weighted by Crippen LogP contribution is 2.30. The summed E-state index contributed by atoms with van der Waals surface area (Å²) < 4.78 is 30.6. The Kier molecular flexibility index (Phi) is 7.68. The quantitative estimate of drug-likeness (QED) is 0.137. The molecule has 0 saturated heterocycles. The summed E-state index contributed by atoms with van der Waals surface area (Å²) in [5.41, 5.74) is 1.28. The lowest BCUT2D eigenvalue weighted by molar-refractivity contribution is -0.384. The Hall–Kier alpha value is -4.01. The number of anilines is 1. The lowest BCUT2D eigenvalue weighted by atomic mass is 10.1. The van der Waals surface area contributed by atoms with Gasteiger partial charge in [-0.25, -0.2) is 0 Å². The molecule has 0 heterocycles. The number of nitrogens with zero attached hydrogens (tertiary/aromatic N) is 2. The molecule has 0 saturated carbocycles. The van der Waals surface area contributed by atoms with E-state index in [1.165, 1.54) is 48.5 Å². The minimum absolute atomic E-state index is 0.00684. The molecule has 3 aromatic carbocycles. The molecule has 0 unspecified atom stereocenters. The van der Waals surface area contributed by atoms with Gasteiger partial charge in [0, 0.05) is 6.07 Å². The number of nitro benzene ring substituents is 1. The van der Waals surface area contributed by atoms with Gasteiger partial charge in [0.1, 0.15) is 22.2 Å².